The van der Waals surface area contributed by atoms with Gasteiger partial charge in [-0.2, -0.15) is 0 Å². The highest BCUT2D eigenvalue weighted by Crippen LogP contribution is 2.26. The molecular formula is C10H17ClO. The first-order valence-electron chi connectivity index (χ1n) is 4.78. The van der Waals surface area contributed by atoms with Crippen molar-refractivity contribution in [3.05, 3.63) is 11.6 Å². The van der Waals surface area contributed by atoms with Gasteiger partial charge in [0.2, 0.25) is 0 Å². The molecule has 0 amide bonds. The molecule has 1 aliphatic rings. The Bertz CT molecular complexity index is 145. The van der Waals surface area contributed by atoms with Gasteiger partial charge in [-0.3, -0.25) is 0 Å². The van der Waals surface area contributed by atoms with E-state index in [1.807, 2.05) is 6.08 Å². The van der Waals surface area contributed by atoms with Crippen molar-refractivity contribution in [3.8, 4) is 0 Å². The Kier molecular flexibility index (Phi) is 4.70. The van der Waals surface area contributed by atoms with Gasteiger partial charge >= 0.3 is 0 Å². The number of aliphatic hydroxyl groups excluding tert-OH is 1. The van der Waals surface area contributed by atoms with E-state index in [9.17, 15) is 5.11 Å². The molecule has 0 bridgehead atoms. The highest BCUT2D eigenvalue weighted by Gasteiger charge is 2.19. The van der Waals surface area contributed by atoms with Gasteiger partial charge in [0, 0.05) is 5.54 Å². The van der Waals surface area contributed by atoms with E-state index in [0.29, 0.717) is 5.92 Å². The summed E-state index contributed by atoms with van der Waals surface area (Å²) < 4.78 is 0. The van der Waals surface area contributed by atoms with Gasteiger partial charge in [0.1, 0.15) is 0 Å². The molecule has 1 nitrogen and oxygen atoms in total. The average Bonchev–Trinajstić information content (AvgIpc) is 2.27. The average molecular weight is 189 g/mol. The molecule has 1 fully saturated rings. The maximum atomic E-state index is 9.70. The first kappa shape index (κ1) is 10.1. The zero-order valence-electron chi connectivity index (χ0n) is 7.38. The molecular weight excluding hydrogens is 172 g/mol. The van der Waals surface area contributed by atoms with Crippen molar-refractivity contribution in [1.82, 2.24) is 0 Å². The molecule has 0 heterocycles. The molecule has 0 radical (unpaired) electrons. The summed E-state index contributed by atoms with van der Waals surface area (Å²) in [5.74, 6) is 0.447. The molecule has 0 spiro atoms. The monoisotopic (exact) mass is 188 g/mol. The lowest BCUT2D eigenvalue weighted by Gasteiger charge is -2.17. The van der Waals surface area contributed by atoms with Crippen molar-refractivity contribution < 1.29 is 5.11 Å². The summed E-state index contributed by atoms with van der Waals surface area (Å²) in [5, 5.41) is 9.70. The summed E-state index contributed by atoms with van der Waals surface area (Å²) >= 11 is 5.45. The molecule has 0 aromatic carbocycles. The number of rotatable bonds is 2. The van der Waals surface area contributed by atoms with Crippen LogP contribution in [-0.2, 0) is 0 Å². The number of hydrogen-bond acceptors (Lipinski definition) is 1. The van der Waals surface area contributed by atoms with Crippen LogP contribution in [-0.4, -0.2) is 11.2 Å². The number of allylic oxidation sites excluding steroid dienone is 1. The van der Waals surface area contributed by atoms with E-state index in [1.54, 1.807) is 5.54 Å². The van der Waals surface area contributed by atoms with Gasteiger partial charge in [0.25, 0.3) is 0 Å². The van der Waals surface area contributed by atoms with Crippen molar-refractivity contribution in [1.29, 1.82) is 0 Å². The lowest BCUT2D eigenvalue weighted by Crippen LogP contribution is -2.17. The molecule has 12 heavy (non-hydrogen) atoms. The van der Waals surface area contributed by atoms with Gasteiger partial charge in [-0.1, -0.05) is 36.9 Å². The van der Waals surface area contributed by atoms with E-state index in [4.69, 9.17) is 11.6 Å². The topological polar surface area (TPSA) is 20.2 Å². The van der Waals surface area contributed by atoms with E-state index < -0.39 is 0 Å². The second kappa shape index (κ2) is 5.60. The highest BCUT2D eigenvalue weighted by atomic mass is 35.5. The zero-order chi connectivity index (χ0) is 8.81. The SMILES string of the molecule is OC1CCCCCC1C/C=C/Cl. The molecule has 2 unspecified atom stereocenters. The Balaban J connectivity index is 2.36. The van der Waals surface area contributed by atoms with Gasteiger partial charge in [0.15, 0.2) is 0 Å². The summed E-state index contributed by atoms with van der Waals surface area (Å²) in [6.07, 6.45) is 8.63. The Labute approximate surface area is 79.4 Å². The van der Waals surface area contributed by atoms with Gasteiger partial charge in [-0.15, -0.1) is 0 Å². The second-order valence-electron chi connectivity index (χ2n) is 3.56. The highest BCUT2D eigenvalue weighted by molar-refractivity contribution is 6.25. The van der Waals surface area contributed by atoms with Crippen molar-refractivity contribution >= 4 is 11.6 Å². The van der Waals surface area contributed by atoms with Gasteiger partial charge in [-0.25, -0.2) is 0 Å². The smallest absolute Gasteiger partial charge is 0.0571 e. The molecule has 2 heteroatoms. The van der Waals surface area contributed by atoms with Crippen LogP contribution < -0.4 is 0 Å². The van der Waals surface area contributed by atoms with Crippen LogP contribution in [0.4, 0.5) is 0 Å². The van der Waals surface area contributed by atoms with Crippen LogP contribution in [0.2, 0.25) is 0 Å². The maximum absolute atomic E-state index is 9.70. The molecule has 2 atom stereocenters. The molecule has 0 aromatic rings. The van der Waals surface area contributed by atoms with Gasteiger partial charge < -0.3 is 5.11 Å². The maximum Gasteiger partial charge on any atom is 0.0571 e. The minimum absolute atomic E-state index is 0.0969. The summed E-state index contributed by atoms with van der Waals surface area (Å²) in [4.78, 5) is 0. The molecule has 70 valence electrons. The molecule has 0 aliphatic heterocycles. The van der Waals surface area contributed by atoms with E-state index >= 15 is 0 Å². The lowest BCUT2D eigenvalue weighted by atomic mass is 9.94. The number of hydrogen-bond donors (Lipinski definition) is 1. The summed E-state index contributed by atoms with van der Waals surface area (Å²) in [6.45, 7) is 0. The second-order valence-corrected chi connectivity index (χ2v) is 3.81. The van der Waals surface area contributed by atoms with Crippen LogP contribution >= 0.6 is 11.6 Å². The molecule has 1 rings (SSSR count). The normalized spacial score (nSPS) is 32.2. The fourth-order valence-electron chi connectivity index (χ4n) is 1.87. The third-order valence-corrected chi connectivity index (χ3v) is 2.83. The summed E-state index contributed by atoms with van der Waals surface area (Å²) in [7, 11) is 0. The van der Waals surface area contributed by atoms with Crippen LogP contribution in [0.5, 0.6) is 0 Å². The molecule has 1 saturated carbocycles. The van der Waals surface area contributed by atoms with E-state index in [2.05, 4.69) is 0 Å². The van der Waals surface area contributed by atoms with Gasteiger partial charge in [-0.05, 0) is 25.2 Å². The molecule has 1 N–H and O–H groups in total. The quantitative estimate of drug-likeness (QED) is 0.661. The van der Waals surface area contributed by atoms with Crippen molar-refractivity contribution in [3.63, 3.8) is 0 Å². The third-order valence-electron chi connectivity index (χ3n) is 2.65. The Morgan fingerprint density at radius 2 is 2.00 bits per heavy atom. The first-order valence-corrected chi connectivity index (χ1v) is 5.21. The fraction of sp³-hybridized carbons (Fsp3) is 0.800. The molecule has 1 aliphatic carbocycles. The lowest BCUT2D eigenvalue weighted by molar-refractivity contribution is 0.102. The van der Waals surface area contributed by atoms with Gasteiger partial charge in [0.05, 0.1) is 6.10 Å². The minimum atomic E-state index is -0.0969. The zero-order valence-corrected chi connectivity index (χ0v) is 8.13. The van der Waals surface area contributed by atoms with E-state index in [1.165, 1.54) is 19.3 Å². The van der Waals surface area contributed by atoms with Crippen molar-refractivity contribution in [2.75, 3.05) is 0 Å². The minimum Gasteiger partial charge on any atom is -0.393 e. The number of aliphatic hydroxyl groups is 1. The third kappa shape index (κ3) is 3.16. The molecule has 0 saturated heterocycles. The standard InChI is InChI=1S/C10H17ClO/c11-8-4-6-9-5-2-1-3-7-10(9)12/h4,8-10,12H,1-3,5-7H2/b8-4+. The predicted octanol–water partition coefficient (Wildman–Crippen LogP) is 3.07. The number of halogens is 1. The van der Waals surface area contributed by atoms with Crippen LogP contribution in [0.1, 0.15) is 38.5 Å². The fourth-order valence-corrected chi connectivity index (χ4v) is 1.97. The van der Waals surface area contributed by atoms with Crippen LogP contribution in [0.25, 0.3) is 0 Å². The van der Waals surface area contributed by atoms with E-state index in [0.717, 1.165) is 19.3 Å². The Hall–Kier alpha value is -0.0100. The Morgan fingerprint density at radius 3 is 2.75 bits per heavy atom. The summed E-state index contributed by atoms with van der Waals surface area (Å²) in [6, 6.07) is 0. The summed E-state index contributed by atoms with van der Waals surface area (Å²) in [5.41, 5.74) is 1.55. The van der Waals surface area contributed by atoms with Crippen LogP contribution in [0.3, 0.4) is 0 Å². The van der Waals surface area contributed by atoms with Crippen molar-refractivity contribution in [2.45, 2.75) is 44.6 Å². The predicted molar refractivity (Wildman–Crippen MR) is 52.2 cm³/mol. The first-order chi connectivity index (χ1) is 5.84. The molecule has 0 aromatic heterocycles. The van der Waals surface area contributed by atoms with Crippen LogP contribution in [0, 0.1) is 5.92 Å². The van der Waals surface area contributed by atoms with E-state index in [-0.39, 0.29) is 6.10 Å². The Morgan fingerprint density at radius 1 is 1.25 bits per heavy atom. The van der Waals surface area contributed by atoms with Crippen LogP contribution in [0.15, 0.2) is 11.6 Å². The van der Waals surface area contributed by atoms with Crippen molar-refractivity contribution in [2.24, 2.45) is 5.92 Å². The largest absolute Gasteiger partial charge is 0.393 e.